The third-order valence-corrected chi connectivity index (χ3v) is 3.40. The van der Waals surface area contributed by atoms with E-state index < -0.39 is 0 Å². The first kappa shape index (κ1) is 12.1. The molecule has 3 heterocycles. The number of rotatable bonds is 3. The van der Waals surface area contributed by atoms with Crippen LogP contribution < -0.4 is 0 Å². The van der Waals surface area contributed by atoms with Crippen molar-refractivity contribution in [2.45, 2.75) is 12.8 Å². The average Bonchev–Trinajstić information content (AvgIpc) is 3.08. The minimum absolute atomic E-state index is 0.365. The number of fused-ring (bicyclic) bond motifs is 1. The Bertz CT molecular complexity index is 602. The molecule has 0 saturated carbocycles. The van der Waals surface area contributed by atoms with Gasteiger partial charge in [-0.1, -0.05) is 0 Å². The molecule has 1 saturated heterocycles. The lowest BCUT2D eigenvalue weighted by molar-refractivity contribution is 0.0600. The Labute approximate surface area is 110 Å². The third kappa shape index (κ3) is 2.31. The van der Waals surface area contributed by atoms with Gasteiger partial charge in [-0.05, 0) is 24.5 Å². The van der Waals surface area contributed by atoms with E-state index in [9.17, 15) is 4.79 Å². The standard InChI is InChI=1S/C13H15N3O3/c1-18-13(17)10-2-4-16-11(14-15-12(16)7-10)6-9-3-5-19-8-9/h2,4,7,9H,3,5-6,8H2,1H3. The number of hydrogen-bond acceptors (Lipinski definition) is 5. The van der Waals surface area contributed by atoms with Gasteiger partial charge in [0.25, 0.3) is 0 Å². The molecule has 2 aromatic heterocycles. The fourth-order valence-corrected chi connectivity index (χ4v) is 2.33. The van der Waals surface area contributed by atoms with Crippen molar-refractivity contribution in [2.75, 3.05) is 20.3 Å². The molecule has 0 amide bonds. The van der Waals surface area contributed by atoms with Crippen LogP contribution in [0, 0.1) is 5.92 Å². The van der Waals surface area contributed by atoms with E-state index in [0.717, 1.165) is 31.9 Å². The van der Waals surface area contributed by atoms with Crippen LogP contribution in [0.15, 0.2) is 18.3 Å². The summed E-state index contributed by atoms with van der Waals surface area (Å²) >= 11 is 0. The van der Waals surface area contributed by atoms with Gasteiger partial charge in [-0.3, -0.25) is 4.40 Å². The van der Waals surface area contributed by atoms with Crippen LogP contribution in [0.25, 0.3) is 5.65 Å². The van der Waals surface area contributed by atoms with Crippen LogP contribution in [0.2, 0.25) is 0 Å². The van der Waals surface area contributed by atoms with E-state index in [0.29, 0.717) is 17.1 Å². The van der Waals surface area contributed by atoms with Crippen LogP contribution in [0.3, 0.4) is 0 Å². The monoisotopic (exact) mass is 261 g/mol. The third-order valence-electron chi connectivity index (χ3n) is 3.40. The molecule has 0 N–H and O–H groups in total. The molecule has 0 radical (unpaired) electrons. The van der Waals surface area contributed by atoms with Crippen LogP contribution in [0.5, 0.6) is 0 Å². The largest absolute Gasteiger partial charge is 0.465 e. The van der Waals surface area contributed by atoms with Crippen LogP contribution >= 0.6 is 0 Å². The van der Waals surface area contributed by atoms with Gasteiger partial charge in [-0.2, -0.15) is 0 Å². The molecule has 1 aliphatic heterocycles. The second-order valence-electron chi connectivity index (χ2n) is 4.69. The van der Waals surface area contributed by atoms with E-state index in [4.69, 9.17) is 4.74 Å². The average molecular weight is 261 g/mol. The zero-order valence-electron chi connectivity index (χ0n) is 10.7. The summed E-state index contributed by atoms with van der Waals surface area (Å²) in [5.41, 5.74) is 1.15. The summed E-state index contributed by atoms with van der Waals surface area (Å²) in [7, 11) is 1.36. The molecule has 0 spiro atoms. The quantitative estimate of drug-likeness (QED) is 0.774. The molecule has 6 heteroatoms. The van der Waals surface area contributed by atoms with Crippen molar-refractivity contribution < 1.29 is 14.3 Å². The topological polar surface area (TPSA) is 65.7 Å². The predicted molar refractivity (Wildman–Crippen MR) is 67.0 cm³/mol. The Kier molecular flexibility index (Phi) is 3.16. The minimum atomic E-state index is -0.365. The van der Waals surface area contributed by atoms with E-state index in [1.807, 2.05) is 10.6 Å². The van der Waals surface area contributed by atoms with Gasteiger partial charge in [0, 0.05) is 25.8 Å². The Morgan fingerprint density at radius 3 is 3.21 bits per heavy atom. The van der Waals surface area contributed by atoms with Crippen molar-refractivity contribution in [3.63, 3.8) is 0 Å². The van der Waals surface area contributed by atoms with E-state index in [1.54, 1.807) is 12.1 Å². The maximum atomic E-state index is 11.4. The fourth-order valence-electron chi connectivity index (χ4n) is 2.33. The first-order valence-corrected chi connectivity index (χ1v) is 6.27. The van der Waals surface area contributed by atoms with Gasteiger partial charge in [-0.25, -0.2) is 4.79 Å². The second-order valence-corrected chi connectivity index (χ2v) is 4.69. The van der Waals surface area contributed by atoms with E-state index in [2.05, 4.69) is 14.9 Å². The molecule has 2 aromatic rings. The van der Waals surface area contributed by atoms with Crippen molar-refractivity contribution in [1.82, 2.24) is 14.6 Å². The van der Waals surface area contributed by atoms with Gasteiger partial charge in [0.1, 0.15) is 5.82 Å². The Balaban J connectivity index is 1.88. The number of nitrogens with zero attached hydrogens (tertiary/aromatic N) is 3. The van der Waals surface area contributed by atoms with Crippen molar-refractivity contribution in [3.05, 3.63) is 29.7 Å². The van der Waals surface area contributed by atoms with E-state index in [-0.39, 0.29) is 5.97 Å². The summed E-state index contributed by atoms with van der Waals surface area (Å²) in [6.07, 6.45) is 3.72. The first-order chi connectivity index (χ1) is 9.28. The maximum absolute atomic E-state index is 11.4. The summed E-state index contributed by atoms with van der Waals surface area (Å²) < 4.78 is 12.0. The predicted octanol–water partition coefficient (Wildman–Crippen LogP) is 1.09. The molecule has 3 rings (SSSR count). The maximum Gasteiger partial charge on any atom is 0.338 e. The molecule has 0 aliphatic carbocycles. The summed E-state index contributed by atoms with van der Waals surface area (Å²) in [5.74, 6) is 1.05. The zero-order chi connectivity index (χ0) is 13.2. The molecule has 1 fully saturated rings. The number of aromatic nitrogens is 3. The number of ether oxygens (including phenoxy) is 2. The van der Waals surface area contributed by atoms with Gasteiger partial charge >= 0.3 is 5.97 Å². The molecular weight excluding hydrogens is 246 g/mol. The van der Waals surface area contributed by atoms with Crippen molar-refractivity contribution in [3.8, 4) is 0 Å². The van der Waals surface area contributed by atoms with Crippen molar-refractivity contribution in [1.29, 1.82) is 0 Å². The summed E-state index contributed by atoms with van der Waals surface area (Å²) in [5, 5.41) is 8.29. The SMILES string of the molecule is COC(=O)c1ccn2c(CC3CCOC3)nnc2c1. The van der Waals surface area contributed by atoms with E-state index in [1.165, 1.54) is 7.11 Å². The number of methoxy groups -OCH3 is 1. The number of hydrogen-bond donors (Lipinski definition) is 0. The lowest BCUT2D eigenvalue weighted by Gasteiger charge is -2.05. The highest BCUT2D eigenvalue weighted by atomic mass is 16.5. The molecule has 1 aliphatic rings. The highest BCUT2D eigenvalue weighted by Crippen LogP contribution is 2.18. The fraction of sp³-hybridized carbons (Fsp3) is 0.462. The molecule has 100 valence electrons. The lowest BCUT2D eigenvalue weighted by atomic mass is 10.1. The summed E-state index contributed by atoms with van der Waals surface area (Å²) in [4.78, 5) is 11.4. The summed E-state index contributed by atoms with van der Waals surface area (Å²) in [6.45, 7) is 1.61. The first-order valence-electron chi connectivity index (χ1n) is 6.27. The van der Waals surface area contributed by atoms with Gasteiger partial charge in [0.15, 0.2) is 5.65 Å². The second kappa shape index (κ2) is 4.97. The van der Waals surface area contributed by atoms with Gasteiger partial charge in [0.2, 0.25) is 0 Å². The molecule has 0 bridgehead atoms. The lowest BCUT2D eigenvalue weighted by Crippen LogP contribution is -2.07. The van der Waals surface area contributed by atoms with Gasteiger partial charge in [-0.15, -0.1) is 10.2 Å². The van der Waals surface area contributed by atoms with Gasteiger partial charge < -0.3 is 9.47 Å². The van der Waals surface area contributed by atoms with Crippen LogP contribution in [-0.2, 0) is 15.9 Å². The number of esters is 1. The van der Waals surface area contributed by atoms with Crippen LogP contribution in [-0.4, -0.2) is 40.9 Å². The molecule has 1 unspecified atom stereocenters. The molecule has 6 nitrogen and oxygen atoms in total. The summed E-state index contributed by atoms with van der Waals surface area (Å²) in [6, 6.07) is 3.41. The minimum Gasteiger partial charge on any atom is -0.465 e. The van der Waals surface area contributed by atoms with E-state index >= 15 is 0 Å². The highest BCUT2D eigenvalue weighted by Gasteiger charge is 2.19. The Morgan fingerprint density at radius 2 is 2.47 bits per heavy atom. The van der Waals surface area contributed by atoms with Crippen LogP contribution in [0.1, 0.15) is 22.6 Å². The number of carbonyl (C=O) groups excluding carboxylic acids is 1. The smallest absolute Gasteiger partial charge is 0.338 e. The highest BCUT2D eigenvalue weighted by molar-refractivity contribution is 5.90. The van der Waals surface area contributed by atoms with Crippen molar-refractivity contribution >= 4 is 11.6 Å². The molecule has 19 heavy (non-hydrogen) atoms. The normalized spacial score (nSPS) is 18.9. The Hall–Kier alpha value is -1.95. The van der Waals surface area contributed by atoms with Crippen molar-refractivity contribution in [2.24, 2.45) is 5.92 Å². The zero-order valence-corrected chi connectivity index (χ0v) is 10.7. The van der Waals surface area contributed by atoms with Crippen LogP contribution in [0.4, 0.5) is 0 Å². The molecular formula is C13H15N3O3. The number of pyridine rings is 1. The number of carbonyl (C=O) groups is 1. The Morgan fingerprint density at radius 1 is 1.58 bits per heavy atom. The van der Waals surface area contributed by atoms with Gasteiger partial charge in [0.05, 0.1) is 12.7 Å². The molecule has 0 aromatic carbocycles. The molecule has 1 atom stereocenters.